The molecule has 0 aliphatic heterocycles. The van der Waals surface area contributed by atoms with E-state index < -0.39 is 5.97 Å². The van der Waals surface area contributed by atoms with E-state index in [0.717, 1.165) is 5.69 Å². The summed E-state index contributed by atoms with van der Waals surface area (Å²) in [5.41, 5.74) is 2.84. The first-order valence-corrected chi connectivity index (χ1v) is 7.44. The number of aromatic nitrogens is 4. The van der Waals surface area contributed by atoms with Gasteiger partial charge in [0.1, 0.15) is 0 Å². The fourth-order valence-corrected chi connectivity index (χ4v) is 2.92. The molecule has 118 valence electrons. The molecule has 2 aromatic rings. The van der Waals surface area contributed by atoms with E-state index >= 15 is 0 Å². The maximum atomic E-state index is 12.3. The molecule has 2 aromatic heterocycles. The van der Waals surface area contributed by atoms with Crippen LogP contribution in [0.15, 0.2) is 4.79 Å². The average Bonchev–Trinajstić information content (AvgIpc) is 2.99. The Labute approximate surface area is 127 Å². The number of nitrogens with one attached hydrogen (secondary N) is 2. The lowest BCUT2D eigenvalue weighted by atomic mass is 9.93. The van der Waals surface area contributed by atoms with E-state index in [4.69, 9.17) is 4.74 Å². The fraction of sp³-hybridized carbons (Fsp3) is 0.533. The van der Waals surface area contributed by atoms with Gasteiger partial charge < -0.3 is 4.74 Å². The van der Waals surface area contributed by atoms with Crippen molar-refractivity contribution < 1.29 is 9.53 Å². The Morgan fingerprint density at radius 1 is 1.32 bits per heavy atom. The van der Waals surface area contributed by atoms with Crippen LogP contribution in [-0.2, 0) is 23.1 Å². The second-order valence-corrected chi connectivity index (χ2v) is 6.41. The van der Waals surface area contributed by atoms with Gasteiger partial charge in [-0.1, -0.05) is 0 Å². The van der Waals surface area contributed by atoms with Crippen LogP contribution in [-0.4, -0.2) is 32.6 Å². The highest BCUT2D eigenvalue weighted by Gasteiger charge is 2.34. The molecule has 0 bridgehead atoms. The van der Waals surface area contributed by atoms with E-state index in [-0.39, 0.29) is 23.4 Å². The lowest BCUT2D eigenvalue weighted by Gasteiger charge is -2.24. The number of nitrogens with zero attached hydrogens (tertiary/aromatic N) is 2. The van der Waals surface area contributed by atoms with Crippen LogP contribution < -0.4 is 5.56 Å². The third-order valence-electron chi connectivity index (χ3n) is 3.82. The van der Waals surface area contributed by atoms with Crippen LogP contribution in [0, 0.1) is 0 Å². The molecular formula is C15H20N4O3. The first-order chi connectivity index (χ1) is 10.3. The minimum atomic E-state index is -0.461. The van der Waals surface area contributed by atoms with Crippen LogP contribution in [0.3, 0.4) is 0 Å². The summed E-state index contributed by atoms with van der Waals surface area (Å²) in [5.74, 6) is -0.461. The molecule has 2 N–H and O–H groups in total. The molecule has 1 aliphatic carbocycles. The Morgan fingerprint density at radius 3 is 2.68 bits per heavy atom. The summed E-state index contributed by atoms with van der Waals surface area (Å²) in [7, 11) is 0. The lowest BCUT2D eigenvalue weighted by molar-refractivity contribution is 0.0518. The highest BCUT2D eigenvalue weighted by molar-refractivity contribution is 5.96. The standard InChI is InChI=1S/C15H20N4O3/c1-5-22-14(21)12-10-9(19(18-12)15(2,3)4)7-6-8-11(10)16-17-13(8)20/h5-7H2,1-4H3,(H2,16,17,20). The first kappa shape index (κ1) is 14.6. The van der Waals surface area contributed by atoms with Crippen molar-refractivity contribution in [3.05, 3.63) is 27.3 Å². The van der Waals surface area contributed by atoms with E-state index in [1.54, 1.807) is 6.92 Å². The molecule has 0 unspecified atom stereocenters. The highest BCUT2D eigenvalue weighted by atomic mass is 16.5. The number of carbonyl (C=O) groups is 1. The van der Waals surface area contributed by atoms with Crippen LogP contribution in [0.25, 0.3) is 11.3 Å². The van der Waals surface area contributed by atoms with Crippen LogP contribution in [0.4, 0.5) is 0 Å². The van der Waals surface area contributed by atoms with Gasteiger partial charge in [0.15, 0.2) is 5.69 Å². The third-order valence-corrected chi connectivity index (χ3v) is 3.82. The second-order valence-electron chi connectivity index (χ2n) is 6.41. The van der Waals surface area contributed by atoms with E-state index in [2.05, 4.69) is 15.3 Å². The molecule has 1 aliphatic rings. The Bertz CT molecular complexity index is 789. The summed E-state index contributed by atoms with van der Waals surface area (Å²) in [6, 6.07) is 0. The van der Waals surface area contributed by atoms with Crippen LogP contribution in [0.2, 0.25) is 0 Å². The largest absolute Gasteiger partial charge is 0.461 e. The number of H-pyrrole nitrogens is 2. The summed E-state index contributed by atoms with van der Waals surface area (Å²) in [6.45, 7) is 8.14. The van der Waals surface area contributed by atoms with Gasteiger partial charge in [-0.3, -0.25) is 19.7 Å². The van der Waals surface area contributed by atoms with E-state index in [0.29, 0.717) is 29.7 Å². The molecule has 0 atom stereocenters. The van der Waals surface area contributed by atoms with Crippen LogP contribution in [0.5, 0.6) is 0 Å². The summed E-state index contributed by atoms with van der Waals surface area (Å²) < 4.78 is 6.99. The summed E-state index contributed by atoms with van der Waals surface area (Å²) in [5, 5.41) is 9.98. The Balaban J connectivity index is 2.27. The fourth-order valence-electron chi connectivity index (χ4n) is 2.92. The summed E-state index contributed by atoms with van der Waals surface area (Å²) in [6.07, 6.45) is 1.30. The molecule has 3 rings (SSSR count). The van der Waals surface area contributed by atoms with Gasteiger partial charge in [-0.15, -0.1) is 0 Å². The van der Waals surface area contributed by atoms with Crippen molar-refractivity contribution >= 4 is 5.97 Å². The zero-order valence-electron chi connectivity index (χ0n) is 13.2. The molecule has 0 saturated carbocycles. The Morgan fingerprint density at radius 2 is 2.05 bits per heavy atom. The van der Waals surface area contributed by atoms with Gasteiger partial charge in [0.2, 0.25) is 0 Å². The van der Waals surface area contributed by atoms with Crippen LogP contribution >= 0.6 is 0 Å². The van der Waals surface area contributed by atoms with Gasteiger partial charge in [0.25, 0.3) is 5.56 Å². The summed E-state index contributed by atoms with van der Waals surface area (Å²) in [4.78, 5) is 24.1. The number of ether oxygens (including phenoxy) is 1. The van der Waals surface area contributed by atoms with Crippen molar-refractivity contribution in [1.82, 2.24) is 20.0 Å². The Hall–Kier alpha value is -2.31. The number of aromatic amines is 2. The monoisotopic (exact) mass is 304 g/mol. The Kier molecular flexibility index (Phi) is 3.23. The zero-order chi connectivity index (χ0) is 16.1. The molecule has 7 heteroatoms. The van der Waals surface area contributed by atoms with Crippen molar-refractivity contribution in [2.24, 2.45) is 0 Å². The van der Waals surface area contributed by atoms with Crippen molar-refractivity contribution in [3.63, 3.8) is 0 Å². The minimum Gasteiger partial charge on any atom is -0.461 e. The molecule has 0 spiro atoms. The van der Waals surface area contributed by atoms with Crippen molar-refractivity contribution in [2.45, 2.75) is 46.1 Å². The molecule has 22 heavy (non-hydrogen) atoms. The third kappa shape index (κ3) is 2.08. The van der Waals surface area contributed by atoms with Crippen molar-refractivity contribution in [1.29, 1.82) is 0 Å². The van der Waals surface area contributed by atoms with Crippen LogP contribution in [0.1, 0.15) is 49.4 Å². The van der Waals surface area contributed by atoms with Crippen molar-refractivity contribution in [2.75, 3.05) is 6.61 Å². The predicted octanol–water partition coefficient (Wildman–Crippen LogP) is 1.60. The SMILES string of the molecule is CCOC(=O)c1nn(C(C)(C)C)c2c1-c1[nH][nH]c(=O)c1CC2. The topological polar surface area (TPSA) is 92.8 Å². The smallest absolute Gasteiger partial charge is 0.359 e. The van der Waals surface area contributed by atoms with Gasteiger partial charge in [-0.25, -0.2) is 4.79 Å². The normalized spacial score (nSPS) is 13.6. The molecule has 7 nitrogen and oxygen atoms in total. The second kappa shape index (κ2) is 4.86. The van der Waals surface area contributed by atoms with Crippen molar-refractivity contribution in [3.8, 4) is 11.3 Å². The van der Waals surface area contributed by atoms with E-state index in [1.165, 1.54) is 0 Å². The zero-order valence-corrected chi connectivity index (χ0v) is 13.2. The lowest BCUT2D eigenvalue weighted by Crippen LogP contribution is -2.26. The molecular weight excluding hydrogens is 284 g/mol. The molecule has 0 amide bonds. The molecule has 0 radical (unpaired) electrons. The first-order valence-electron chi connectivity index (χ1n) is 7.44. The molecule has 0 saturated heterocycles. The van der Waals surface area contributed by atoms with E-state index in [9.17, 15) is 9.59 Å². The maximum absolute atomic E-state index is 12.3. The van der Waals surface area contributed by atoms with E-state index in [1.807, 2.05) is 25.5 Å². The molecule has 0 aromatic carbocycles. The number of fused-ring (bicyclic) bond motifs is 3. The predicted molar refractivity (Wildman–Crippen MR) is 81.0 cm³/mol. The van der Waals surface area contributed by atoms with Gasteiger partial charge >= 0.3 is 5.97 Å². The van der Waals surface area contributed by atoms with Gasteiger partial charge in [-0.05, 0) is 40.5 Å². The summed E-state index contributed by atoms with van der Waals surface area (Å²) >= 11 is 0. The molecule has 0 fully saturated rings. The minimum absolute atomic E-state index is 0.140. The van der Waals surface area contributed by atoms with Gasteiger partial charge in [-0.2, -0.15) is 5.10 Å². The van der Waals surface area contributed by atoms with Gasteiger partial charge in [0, 0.05) is 11.3 Å². The highest BCUT2D eigenvalue weighted by Crippen LogP contribution is 2.35. The average molecular weight is 304 g/mol. The number of hydrogen-bond acceptors (Lipinski definition) is 4. The van der Waals surface area contributed by atoms with Gasteiger partial charge in [0.05, 0.1) is 23.4 Å². The molecule has 2 heterocycles. The number of carbonyl (C=O) groups excluding carboxylic acids is 1. The number of hydrogen-bond donors (Lipinski definition) is 2. The quantitative estimate of drug-likeness (QED) is 0.824. The number of rotatable bonds is 2. The number of esters is 1. The maximum Gasteiger partial charge on any atom is 0.359 e.